The van der Waals surface area contributed by atoms with Crippen LogP contribution in [-0.2, 0) is 14.8 Å². The molecule has 8 nitrogen and oxygen atoms in total. The molecule has 3 fully saturated rings. The van der Waals surface area contributed by atoms with Crippen LogP contribution in [0.15, 0.2) is 35.7 Å². The molecule has 10 heteroatoms. The Kier molecular flexibility index (Phi) is 7.42. The number of sulfonamides is 1. The van der Waals surface area contributed by atoms with Gasteiger partial charge in [0.05, 0.1) is 12.1 Å². The molecule has 0 unspecified atom stereocenters. The van der Waals surface area contributed by atoms with Gasteiger partial charge in [-0.2, -0.15) is 16.1 Å². The van der Waals surface area contributed by atoms with E-state index in [0.29, 0.717) is 37.8 Å². The SMILES string of the molecule is O=C1N[C@H]2[C@H](CS[C@H]2CCCCC(=O)N2CCN(S(=O)(=O)/C=C/c3ccccc3)CC2)N1. The molecule has 3 heterocycles. The molecule has 1 aromatic rings. The number of nitrogens with one attached hydrogen (secondary N) is 2. The topological polar surface area (TPSA) is 98.8 Å². The molecular weight excluding hydrogens is 448 g/mol. The maximum absolute atomic E-state index is 12.6. The van der Waals surface area contributed by atoms with Gasteiger partial charge in [-0.1, -0.05) is 36.8 Å². The quantitative estimate of drug-likeness (QED) is 0.439. The summed E-state index contributed by atoms with van der Waals surface area (Å²) in [5.41, 5.74) is 0.836. The van der Waals surface area contributed by atoms with E-state index < -0.39 is 10.0 Å². The molecule has 2 N–H and O–H groups in total. The minimum absolute atomic E-state index is 0.0720. The molecule has 0 spiro atoms. The molecule has 1 aromatic carbocycles. The molecule has 3 aliphatic rings. The Morgan fingerprint density at radius 1 is 1.09 bits per heavy atom. The summed E-state index contributed by atoms with van der Waals surface area (Å²) in [5.74, 6) is 1.04. The second-order valence-corrected chi connectivity index (χ2v) is 11.5. The average Bonchev–Trinajstić information content (AvgIpc) is 3.35. The van der Waals surface area contributed by atoms with E-state index in [1.54, 1.807) is 11.0 Å². The van der Waals surface area contributed by atoms with Gasteiger partial charge in [-0.15, -0.1) is 0 Å². The van der Waals surface area contributed by atoms with Gasteiger partial charge in [0.15, 0.2) is 0 Å². The summed E-state index contributed by atoms with van der Waals surface area (Å²) in [7, 11) is -3.49. The molecule has 32 heavy (non-hydrogen) atoms. The lowest BCUT2D eigenvalue weighted by atomic mass is 10.0. The van der Waals surface area contributed by atoms with Crippen molar-refractivity contribution in [3.63, 3.8) is 0 Å². The first-order valence-corrected chi connectivity index (χ1v) is 13.7. The van der Waals surface area contributed by atoms with E-state index in [2.05, 4.69) is 10.6 Å². The van der Waals surface area contributed by atoms with Gasteiger partial charge in [-0.25, -0.2) is 13.2 Å². The van der Waals surface area contributed by atoms with Crippen LogP contribution in [0.3, 0.4) is 0 Å². The Morgan fingerprint density at radius 2 is 1.84 bits per heavy atom. The minimum atomic E-state index is -3.49. The Bertz CT molecular complexity index is 946. The van der Waals surface area contributed by atoms with Crippen molar-refractivity contribution in [2.75, 3.05) is 31.9 Å². The Hall–Kier alpha value is -2.04. The van der Waals surface area contributed by atoms with Crippen molar-refractivity contribution in [3.8, 4) is 0 Å². The monoisotopic (exact) mass is 478 g/mol. The molecule has 3 saturated heterocycles. The Labute approximate surface area is 193 Å². The zero-order valence-electron chi connectivity index (χ0n) is 18.0. The highest BCUT2D eigenvalue weighted by molar-refractivity contribution is 8.00. The highest BCUT2D eigenvalue weighted by atomic mass is 32.2. The molecule has 3 amide bonds. The van der Waals surface area contributed by atoms with Crippen molar-refractivity contribution in [1.82, 2.24) is 19.8 Å². The summed E-state index contributed by atoms with van der Waals surface area (Å²) in [4.78, 5) is 25.8. The van der Waals surface area contributed by atoms with Crippen LogP contribution in [0.5, 0.6) is 0 Å². The summed E-state index contributed by atoms with van der Waals surface area (Å²) in [6.45, 7) is 1.50. The van der Waals surface area contributed by atoms with Gasteiger partial charge in [0.1, 0.15) is 0 Å². The van der Waals surface area contributed by atoms with E-state index in [9.17, 15) is 18.0 Å². The number of rotatable bonds is 8. The fraction of sp³-hybridized carbons (Fsp3) is 0.545. The molecular formula is C22H30N4O4S2. The summed E-state index contributed by atoms with van der Waals surface area (Å²) < 4.78 is 26.6. The van der Waals surface area contributed by atoms with Gasteiger partial charge in [-0.05, 0) is 24.5 Å². The number of amides is 3. The average molecular weight is 479 g/mol. The smallest absolute Gasteiger partial charge is 0.315 e. The number of thioether (sulfide) groups is 1. The first-order valence-electron chi connectivity index (χ1n) is 11.1. The number of fused-ring (bicyclic) bond motifs is 1. The van der Waals surface area contributed by atoms with E-state index in [4.69, 9.17) is 0 Å². The highest BCUT2D eigenvalue weighted by Crippen LogP contribution is 2.33. The van der Waals surface area contributed by atoms with E-state index >= 15 is 0 Å². The maximum atomic E-state index is 12.6. The van der Waals surface area contributed by atoms with Gasteiger partial charge >= 0.3 is 6.03 Å². The maximum Gasteiger partial charge on any atom is 0.315 e. The minimum Gasteiger partial charge on any atom is -0.340 e. The van der Waals surface area contributed by atoms with E-state index in [1.165, 1.54) is 9.71 Å². The van der Waals surface area contributed by atoms with Crippen LogP contribution in [0.2, 0.25) is 0 Å². The van der Waals surface area contributed by atoms with E-state index in [-0.39, 0.29) is 24.0 Å². The molecule has 0 aliphatic carbocycles. The van der Waals surface area contributed by atoms with Crippen LogP contribution < -0.4 is 10.6 Å². The standard InChI is InChI=1S/C22H30N4O4S2/c27-20(9-5-4-8-19-21-18(16-31-19)23-22(28)24-21)25-11-13-26(14-12-25)32(29,30)15-10-17-6-2-1-3-7-17/h1-3,6-7,10,15,18-19,21H,4-5,8-9,11-14,16H2,(H2,23,24,28)/b15-10+/t18-,19-,21-/m0/s1. The summed E-state index contributed by atoms with van der Waals surface area (Å²) in [6.07, 6.45) is 4.83. The predicted octanol–water partition coefficient (Wildman–Crippen LogP) is 1.86. The molecule has 0 aromatic heterocycles. The van der Waals surface area contributed by atoms with Crippen LogP contribution in [0.4, 0.5) is 4.79 Å². The molecule has 3 aliphatic heterocycles. The first kappa shape index (κ1) is 23.1. The normalized spacial score (nSPS) is 26.2. The molecule has 0 saturated carbocycles. The fourth-order valence-electron chi connectivity index (χ4n) is 4.43. The van der Waals surface area contributed by atoms with Crippen molar-refractivity contribution < 1.29 is 18.0 Å². The number of hydrogen-bond donors (Lipinski definition) is 2. The molecule has 0 bridgehead atoms. The molecule has 4 rings (SSSR count). The van der Waals surface area contributed by atoms with Crippen molar-refractivity contribution in [2.24, 2.45) is 0 Å². The zero-order chi connectivity index (χ0) is 22.6. The number of piperazine rings is 1. The lowest BCUT2D eigenvalue weighted by Gasteiger charge is -2.33. The first-order chi connectivity index (χ1) is 15.4. The third kappa shape index (κ3) is 5.65. The summed E-state index contributed by atoms with van der Waals surface area (Å²) >= 11 is 1.89. The van der Waals surface area contributed by atoms with Crippen LogP contribution in [-0.4, -0.2) is 78.8 Å². The van der Waals surface area contributed by atoms with Crippen LogP contribution in [0, 0.1) is 0 Å². The predicted molar refractivity (Wildman–Crippen MR) is 127 cm³/mol. The third-order valence-electron chi connectivity index (χ3n) is 6.25. The Morgan fingerprint density at radius 3 is 2.59 bits per heavy atom. The number of carbonyl (C=O) groups is 2. The number of carbonyl (C=O) groups excluding carboxylic acids is 2. The second kappa shape index (κ2) is 10.3. The van der Waals surface area contributed by atoms with Crippen LogP contribution in [0.1, 0.15) is 31.2 Å². The molecule has 174 valence electrons. The van der Waals surface area contributed by atoms with Crippen molar-refractivity contribution in [2.45, 2.75) is 43.0 Å². The number of nitrogens with zero attached hydrogens (tertiary/aromatic N) is 2. The van der Waals surface area contributed by atoms with Gasteiger partial charge in [-0.3, -0.25) is 4.79 Å². The summed E-state index contributed by atoms with van der Waals surface area (Å²) in [5, 5.41) is 7.59. The number of hydrogen-bond acceptors (Lipinski definition) is 5. The van der Waals surface area contributed by atoms with Gasteiger partial charge in [0.25, 0.3) is 0 Å². The van der Waals surface area contributed by atoms with Gasteiger partial charge < -0.3 is 15.5 Å². The number of benzene rings is 1. The third-order valence-corrected chi connectivity index (χ3v) is 9.32. The number of unbranched alkanes of at least 4 members (excludes halogenated alkanes) is 1. The number of urea groups is 1. The van der Waals surface area contributed by atoms with E-state index in [0.717, 1.165) is 30.6 Å². The van der Waals surface area contributed by atoms with Crippen molar-refractivity contribution >= 4 is 39.8 Å². The van der Waals surface area contributed by atoms with E-state index in [1.807, 2.05) is 42.1 Å². The largest absolute Gasteiger partial charge is 0.340 e. The van der Waals surface area contributed by atoms with Gasteiger partial charge in [0, 0.05) is 49.0 Å². The van der Waals surface area contributed by atoms with Gasteiger partial charge in [0.2, 0.25) is 15.9 Å². The van der Waals surface area contributed by atoms with Crippen LogP contribution >= 0.6 is 11.8 Å². The lowest BCUT2D eigenvalue weighted by molar-refractivity contribution is -0.132. The second-order valence-electron chi connectivity index (χ2n) is 8.41. The lowest BCUT2D eigenvalue weighted by Crippen LogP contribution is -2.50. The van der Waals surface area contributed by atoms with Crippen molar-refractivity contribution in [3.05, 3.63) is 41.3 Å². The Balaban J connectivity index is 1.16. The summed E-state index contributed by atoms with van der Waals surface area (Å²) in [6, 6.07) is 9.69. The highest BCUT2D eigenvalue weighted by Gasteiger charge is 2.42. The van der Waals surface area contributed by atoms with Crippen molar-refractivity contribution in [1.29, 1.82) is 0 Å². The van der Waals surface area contributed by atoms with Crippen LogP contribution in [0.25, 0.3) is 6.08 Å². The fourth-order valence-corrected chi connectivity index (χ4v) is 7.15. The molecule has 3 atom stereocenters. The zero-order valence-corrected chi connectivity index (χ0v) is 19.6. The molecule has 0 radical (unpaired) electrons.